The lowest BCUT2D eigenvalue weighted by molar-refractivity contribution is -0.137. The molecule has 0 aliphatic rings. The van der Waals surface area contributed by atoms with Gasteiger partial charge in [0.05, 0.1) is 22.8 Å². The minimum absolute atomic E-state index is 0.00372. The van der Waals surface area contributed by atoms with Gasteiger partial charge in [0.1, 0.15) is 0 Å². The summed E-state index contributed by atoms with van der Waals surface area (Å²) >= 11 is 14.0. The molecule has 0 saturated heterocycles. The number of carbonyl (C=O) groups excluding carboxylic acids is 1. The third-order valence-electron chi connectivity index (χ3n) is 5.32. The van der Waals surface area contributed by atoms with E-state index in [0.29, 0.717) is 32.5 Å². The number of urea groups is 1. The smallest absolute Gasteiger partial charge is 0.331 e. The summed E-state index contributed by atoms with van der Waals surface area (Å²) in [5.74, 6) is 0.995. The Hall–Kier alpha value is -3.21. The lowest BCUT2D eigenvalue weighted by Crippen LogP contribution is -2.29. The molecule has 0 bridgehead atoms. The second-order valence-electron chi connectivity index (χ2n) is 7.93. The van der Waals surface area contributed by atoms with Gasteiger partial charge in [0.15, 0.2) is 11.0 Å². The molecule has 2 amide bonds. The predicted molar refractivity (Wildman–Crippen MR) is 139 cm³/mol. The average Bonchev–Trinajstić information content (AvgIpc) is 3.24. The molecule has 12 heteroatoms. The van der Waals surface area contributed by atoms with Crippen molar-refractivity contribution in [2.45, 2.75) is 30.6 Å². The molecule has 0 saturated carbocycles. The van der Waals surface area contributed by atoms with Gasteiger partial charge in [-0.25, -0.2) is 4.79 Å². The first-order chi connectivity index (χ1) is 17.6. The number of anilines is 1. The second-order valence-corrected chi connectivity index (χ2v) is 9.72. The van der Waals surface area contributed by atoms with Crippen molar-refractivity contribution >= 4 is 46.7 Å². The molecular formula is C25H20Cl2F3N5OS. The van der Waals surface area contributed by atoms with E-state index in [1.54, 1.807) is 22.8 Å². The van der Waals surface area contributed by atoms with Gasteiger partial charge in [-0.2, -0.15) is 13.2 Å². The molecule has 4 aromatic rings. The number of amides is 2. The number of nitrogens with zero attached hydrogens (tertiary/aromatic N) is 3. The third-order valence-corrected chi connectivity index (χ3v) is 6.84. The predicted octanol–water partition coefficient (Wildman–Crippen LogP) is 7.52. The van der Waals surface area contributed by atoms with Gasteiger partial charge in [-0.15, -0.1) is 10.2 Å². The first kappa shape index (κ1) is 26.8. The molecule has 4 rings (SSSR count). The van der Waals surface area contributed by atoms with Gasteiger partial charge < -0.3 is 10.6 Å². The van der Waals surface area contributed by atoms with Gasteiger partial charge in [-0.1, -0.05) is 65.3 Å². The number of rotatable bonds is 7. The van der Waals surface area contributed by atoms with Gasteiger partial charge in [-0.05, 0) is 54.4 Å². The molecule has 1 aromatic heterocycles. The first-order valence-corrected chi connectivity index (χ1v) is 12.6. The Morgan fingerprint density at radius 2 is 1.81 bits per heavy atom. The van der Waals surface area contributed by atoms with Crippen LogP contribution in [0.3, 0.4) is 0 Å². The molecule has 192 valence electrons. The summed E-state index contributed by atoms with van der Waals surface area (Å²) in [6.45, 7) is 1.96. The van der Waals surface area contributed by atoms with Crippen molar-refractivity contribution in [3.05, 3.63) is 99.3 Å². The molecular weight excluding hydrogens is 546 g/mol. The number of thioether (sulfide) groups is 1. The monoisotopic (exact) mass is 565 g/mol. The number of hydrogen-bond acceptors (Lipinski definition) is 4. The molecule has 3 aromatic carbocycles. The van der Waals surface area contributed by atoms with Crippen LogP contribution in [0.5, 0.6) is 0 Å². The van der Waals surface area contributed by atoms with E-state index in [9.17, 15) is 18.0 Å². The van der Waals surface area contributed by atoms with Crippen LogP contribution in [-0.2, 0) is 18.5 Å². The summed E-state index contributed by atoms with van der Waals surface area (Å²) in [5.41, 5.74) is 1.98. The molecule has 0 atom stereocenters. The largest absolute Gasteiger partial charge is 0.416 e. The minimum Gasteiger partial charge on any atom is -0.331 e. The van der Waals surface area contributed by atoms with Crippen molar-refractivity contribution in [3.8, 4) is 5.69 Å². The molecule has 0 aliphatic heterocycles. The number of nitrogens with one attached hydrogen (secondary N) is 2. The highest BCUT2D eigenvalue weighted by molar-refractivity contribution is 7.98. The molecule has 0 spiro atoms. The summed E-state index contributed by atoms with van der Waals surface area (Å²) in [7, 11) is 0. The topological polar surface area (TPSA) is 71.8 Å². The van der Waals surface area contributed by atoms with E-state index in [-0.39, 0.29) is 12.2 Å². The minimum atomic E-state index is -4.52. The summed E-state index contributed by atoms with van der Waals surface area (Å²) in [4.78, 5) is 12.5. The van der Waals surface area contributed by atoms with Crippen LogP contribution < -0.4 is 10.6 Å². The van der Waals surface area contributed by atoms with Crippen LogP contribution in [-0.4, -0.2) is 20.8 Å². The first-order valence-electron chi connectivity index (χ1n) is 10.9. The highest BCUT2D eigenvalue weighted by Crippen LogP contribution is 2.32. The normalized spacial score (nSPS) is 11.4. The van der Waals surface area contributed by atoms with Crippen LogP contribution in [0.25, 0.3) is 5.69 Å². The third kappa shape index (κ3) is 6.76. The van der Waals surface area contributed by atoms with Gasteiger partial charge in [0.25, 0.3) is 0 Å². The van der Waals surface area contributed by atoms with Crippen LogP contribution in [0, 0.1) is 6.92 Å². The van der Waals surface area contributed by atoms with Gasteiger partial charge in [-0.3, -0.25) is 4.57 Å². The molecule has 37 heavy (non-hydrogen) atoms. The standard InChI is InChI=1S/C25H20Cl2F3N5OS/c1-15-5-2-3-6-16(15)14-37-24-34-33-22(35(24)21-10-9-18(26)12-20(21)27)13-31-23(36)32-19-8-4-7-17(11-19)25(28,29)30/h2-12H,13-14H2,1H3,(H2,31,32,36). The fourth-order valence-corrected chi connectivity index (χ4v) is 4.97. The Kier molecular flexibility index (Phi) is 8.31. The fourth-order valence-electron chi connectivity index (χ4n) is 3.44. The number of aromatic nitrogens is 3. The number of halogens is 5. The summed E-state index contributed by atoms with van der Waals surface area (Å²) in [5, 5.41) is 14.9. The molecule has 6 nitrogen and oxygen atoms in total. The maximum atomic E-state index is 13.0. The number of carbonyl (C=O) groups is 1. The highest BCUT2D eigenvalue weighted by Gasteiger charge is 2.30. The number of benzene rings is 3. The van der Waals surface area contributed by atoms with Crippen molar-refractivity contribution in [3.63, 3.8) is 0 Å². The van der Waals surface area contributed by atoms with Crippen LogP contribution in [0.15, 0.2) is 71.9 Å². The lowest BCUT2D eigenvalue weighted by Gasteiger charge is -2.14. The van der Waals surface area contributed by atoms with E-state index < -0.39 is 17.8 Å². The molecule has 2 N–H and O–H groups in total. The summed E-state index contributed by atoms with van der Waals surface area (Å²) < 4.78 is 40.6. The van der Waals surface area contributed by atoms with E-state index >= 15 is 0 Å². The average molecular weight is 566 g/mol. The van der Waals surface area contributed by atoms with Crippen LogP contribution in [0.4, 0.5) is 23.7 Å². The molecule has 0 radical (unpaired) electrons. The Labute approximate surface area is 225 Å². The Bertz CT molecular complexity index is 1430. The van der Waals surface area contributed by atoms with Crippen LogP contribution >= 0.6 is 35.0 Å². The SMILES string of the molecule is Cc1ccccc1CSc1nnc(CNC(=O)Nc2cccc(C(F)(F)F)c2)n1-c1ccc(Cl)cc1Cl. The molecule has 0 fully saturated rings. The van der Waals surface area contributed by atoms with E-state index in [0.717, 1.165) is 23.3 Å². The fraction of sp³-hybridized carbons (Fsp3) is 0.160. The zero-order chi connectivity index (χ0) is 26.6. The van der Waals surface area contributed by atoms with Crippen molar-refractivity contribution < 1.29 is 18.0 Å². The van der Waals surface area contributed by atoms with E-state index in [4.69, 9.17) is 23.2 Å². The maximum absolute atomic E-state index is 13.0. The van der Waals surface area contributed by atoms with E-state index in [2.05, 4.69) is 20.8 Å². The zero-order valence-corrected chi connectivity index (χ0v) is 21.6. The van der Waals surface area contributed by atoms with Crippen LogP contribution in [0.1, 0.15) is 22.5 Å². The van der Waals surface area contributed by atoms with Crippen molar-refractivity contribution in [2.24, 2.45) is 0 Å². The Morgan fingerprint density at radius 3 is 2.54 bits per heavy atom. The Morgan fingerprint density at radius 1 is 1.03 bits per heavy atom. The van der Waals surface area contributed by atoms with E-state index in [1.807, 2.05) is 31.2 Å². The maximum Gasteiger partial charge on any atom is 0.416 e. The zero-order valence-electron chi connectivity index (χ0n) is 19.3. The number of hydrogen-bond donors (Lipinski definition) is 2. The number of alkyl halides is 3. The van der Waals surface area contributed by atoms with Gasteiger partial charge in [0, 0.05) is 16.5 Å². The number of aryl methyl sites for hydroxylation is 1. The van der Waals surface area contributed by atoms with Gasteiger partial charge >= 0.3 is 12.2 Å². The quantitative estimate of drug-likeness (QED) is 0.227. The lowest BCUT2D eigenvalue weighted by atomic mass is 10.1. The van der Waals surface area contributed by atoms with Crippen molar-refractivity contribution in [1.29, 1.82) is 0 Å². The van der Waals surface area contributed by atoms with Crippen molar-refractivity contribution in [1.82, 2.24) is 20.1 Å². The van der Waals surface area contributed by atoms with Crippen molar-refractivity contribution in [2.75, 3.05) is 5.32 Å². The second kappa shape index (κ2) is 11.5. The highest BCUT2D eigenvalue weighted by atomic mass is 35.5. The van der Waals surface area contributed by atoms with Crippen LogP contribution in [0.2, 0.25) is 10.0 Å². The molecule has 0 unspecified atom stereocenters. The summed E-state index contributed by atoms with van der Waals surface area (Å²) in [6, 6.07) is 16.6. The Balaban J connectivity index is 1.54. The molecule has 0 aliphatic carbocycles. The van der Waals surface area contributed by atoms with Gasteiger partial charge in [0.2, 0.25) is 0 Å². The summed E-state index contributed by atoms with van der Waals surface area (Å²) in [6.07, 6.45) is -4.52. The van der Waals surface area contributed by atoms with E-state index in [1.165, 1.54) is 23.9 Å². The molecule has 1 heterocycles.